The summed E-state index contributed by atoms with van der Waals surface area (Å²) < 4.78 is 41.0. The van der Waals surface area contributed by atoms with Crippen LogP contribution >= 0.6 is 0 Å². The van der Waals surface area contributed by atoms with Crippen molar-refractivity contribution < 1.29 is 17.6 Å². The highest BCUT2D eigenvalue weighted by molar-refractivity contribution is 7.92. The number of halogens is 1. The maximum absolute atomic E-state index is 13.1. The molecule has 1 saturated heterocycles. The second-order valence-corrected chi connectivity index (χ2v) is 10.2. The highest BCUT2D eigenvalue weighted by Gasteiger charge is 2.19. The molecule has 1 aliphatic heterocycles. The lowest BCUT2D eigenvalue weighted by atomic mass is 10.1. The zero-order valence-corrected chi connectivity index (χ0v) is 20.6. The summed E-state index contributed by atoms with van der Waals surface area (Å²) in [6.07, 6.45) is 0. The number of rotatable bonds is 7. The van der Waals surface area contributed by atoms with Gasteiger partial charge < -0.3 is 15.1 Å². The zero-order valence-electron chi connectivity index (χ0n) is 19.8. The highest BCUT2D eigenvalue weighted by atomic mass is 32.2. The monoisotopic (exact) mass is 496 g/mol. The van der Waals surface area contributed by atoms with E-state index in [1.54, 1.807) is 6.07 Å². The molecule has 184 valence electrons. The third kappa shape index (κ3) is 5.98. The third-order valence-corrected chi connectivity index (χ3v) is 7.52. The Morgan fingerprint density at radius 1 is 0.971 bits per heavy atom. The molecule has 1 aliphatic rings. The maximum Gasteiger partial charge on any atom is 0.261 e. The summed E-state index contributed by atoms with van der Waals surface area (Å²) in [7, 11) is -3.95. The van der Waals surface area contributed by atoms with E-state index >= 15 is 0 Å². The van der Waals surface area contributed by atoms with Crippen LogP contribution in [0.15, 0.2) is 71.6 Å². The third-order valence-electron chi connectivity index (χ3n) is 6.15. The van der Waals surface area contributed by atoms with Gasteiger partial charge in [-0.05, 0) is 79.7 Å². The molecule has 3 aromatic carbocycles. The van der Waals surface area contributed by atoms with E-state index in [2.05, 4.69) is 32.8 Å². The Morgan fingerprint density at radius 3 is 2.34 bits per heavy atom. The van der Waals surface area contributed by atoms with Crippen molar-refractivity contribution in [3.05, 3.63) is 83.7 Å². The van der Waals surface area contributed by atoms with Crippen LogP contribution in [-0.2, 0) is 10.0 Å². The first-order chi connectivity index (χ1) is 16.7. The minimum atomic E-state index is -3.95. The molecular formula is C26H29FN4O3S. The molecule has 0 aromatic heterocycles. The van der Waals surface area contributed by atoms with E-state index in [1.807, 2.05) is 19.1 Å². The largest absolute Gasteiger partial charge is 0.369 e. The molecule has 0 aliphatic carbocycles. The molecule has 1 fully saturated rings. The first kappa shape index (κ1) is 24.7. The van der Waals surface area contributed by atoms with E-state index in [0.29, 0.717) is 5.69 Å². The van der Waals surface area contributed by atoms with Gasteiger partial charge in [0.2, 0.25) is 0 Å². The van der Waals surface area contributed by atoms with Gasteiger partial charge in [-0.2, -0.15) is 0 Å². The minimum absolute atomic E-state index is 0.0623. The average molecular weight is 497 g/mol. The van der Waals surface area contributed by atoms with Crippen molar-refractivity contribution in [1.29, 1.82) is 0 Å². The standard InChI is InChI=1S/C26H29FN4O3S/c1-3-30-13-15-31(16-14-30)23-11-12-25(19(2)17-23)28-26(32)20-5-4-6-24(18-20)35(33,34)29-22-9-7-21(27)8-10-22/h4-12,17-18,29H,3,13-16H2,1-2H3,(H,28,32). The van der Waals surface area contributed by atoms with E-state index < -0.39 is 21.7 Å². The summed E-state index contributed by atoms with van der Waals surface area (Å²) in [6.45, 7) is 9.16. The number of piperazine rings is 1. The number of hydrogen-bond acceptors (Lipinski definition) is 5. The Morgan fingerprint density at radius 2 is 1.69 bits per heavy atom. The Kier molecular flexibility index (Phi) is 7.37. The van der Waals surface area contributed by atoms with Crippen molar-refractivity contribution in [2.75, 3.05) is 47.7 Å². The van der Waals surface area contributed by atoms with Crippen molar-refractivity contribution >= 4 is 33.0 Å². The number of nitrogens with one attached hydrogen (secondary N) is 2. The van der Waals surface area contributed by atoms with Gasteiger partial charge in [-0.25, -0.2) is 12.8 Å². The zero-order chi connectivity index (χ0) is 25.0. The minimum Gasteiger partial charge on any atom is -0.369 e. The predicted octanol–water partition coefficient (Wildman–Crippen LogP) is 4.33. The van der Waals surface area contributed by atoms with Gasteiger partial charge in [-0.1, -0.05) is 13.0 Å². The first-order valence-electron chi connectivity index (χ1n) is 11.5. The van der Waals surface area contributed by atoms with Crippen LogP contribution in [0.1, 0.15) is 22.8 Å². The van der Waals surface area contributed by atoms with E-state index in [9.17, 15) is 17.6 Å². The van der Waals surface area contributed by atoms with Gasteiger partial charge in [-0.3, -0.25) is 9.52 Å². The van der Waals surface area contributed by atoms with Gasteiger partial charge in [0.1, 0.15) is 5.82 Å². The van der Waals surface area contributed by atoms with Gasteiger partial charge in [0.15, 0.2) is 0 Å². The number of hydrogen-bond donors (Lipinski definition) is 2. The average Bonchev–Trinajstić information content (AvgIpc) is 2.86. The van der Waals surface area contributed by atoms with Crippen LogP contribution in [0.3, 0.4) is 0 Å². The molecule has 0 bridgehead atoms. The second kappa shape index (κ2) is 10.5. The fourth-order valence-electron chi connectivity index (χ4n) is 4.04. The molecule has 35 heavy (non-hydrogen) atoms. The molecular weight excluding hydrogens is 467 g/mol. The molecule has 7 nitrogen and oxygen atoms in total. The molecule has 1 amide bonds. The number of likely N-dealkylation sites (N-methyl/N-ethyl adjacent to an activating group) is 1. The quantitative estimate of drug-likeness (QED) is 0.509. The van der Waals surface area contributed by atoms with Gasteiger partial charge in [-0.15, -0.1) is 0 Å². The normalized spacial score (nSPS) is 14.5. The lowest BCUT2D eigenvalue weighted by Gasteiger charge is -2.35. The Bertz CT molecular complexity index is 1300. The number of sulfonamides is 1. The Hall–Kier alpha value is -3.43. The van der Waals surface area contributed by atoms with Gasteiger partial charge in [0.05, 0.1) is 4.90 Å². The van der Waals surface area contributed by atoms with Gasteiger partial charge >= 0.3 is 0 Å². The Labute approximate surface area is 205 Å². The number of nitrogens with zero attached hydrogens (tertiary/aromatic N) is 2. The van der Waals surface area contributed by atoms with Crippen LogP contribution in [0.4, 0.5) is 21.5 Å². The molecule has 0 atom stereocenters. The lowest BCUT2D eigenvalue weighted by Crippen LogP contribution is -2.46. The number of amides is 1. The Balaban J connectivity index is 1.45. The van der Waals surface area contributed by atoms with E-state index in [0.717, 1.165) is 44.0 Å². The van der Waals surface area contributed by atoms with Crippen LogP contribution in [0.5, 0.6) is 0 Å². The molecule has 4 rings (SSSR count). The van der Waals surface area contributed by atoms with Crippen LogP contribution in [0, 0.1) is 12.7 Å². The topological polar surface area (TPSA) is 81.8 Å². The maximum atomic E-state index is 13.1. The van der Waals surface area contributed by atoms with Crippen LogP contribution < -0.4 is 14.9 Å². The molecule has 0 radical (unpaired) electrons. The second-order valence-electron chi connectivity index (χ2n) is 8.51. The number of aryl methyl sites for hydroxylation is 1. The molecule has 0 saturated carbocycles. The van der Waals surface area contributed by atoms with Crippen molar-refractivity contribution in [2.45, 2.75) is 18.7 Å². The SMILES string of the molecule is CCN1CCN(c2ccc(NC(=O)c3cccc(S(=O)(=O)Nc4ccc(F)cc4)c3)c(C)c2)CC1. The molecule has 0 unspecified atom stereocenters. The molecule has 3 aromatic rings. The van der Waals surface area contributed by atoms with E-state index in [4.69, 9.17) is 0 Å². The van der Waals surface area contributed by atoms with Crippen molar-refractivity contribution in [2.24, 2.45) is 0 Å². The predicted molar refractivity (Wildman–Crippen MR) is 137 cm³/mol. The van der Waals surface area contributed by atoms with Crippen molar-refractivity contribution in [3.63, 3.8) is 0 Å². The summed E-state index contributed by atoms with van der Waals surface area (Å²) in [5.74, 6) is -0.870. The van der Waals surface area contributed by atoms with Gasteiger partial charge in [0, 0.05) is 48.8 Å². The number of anilines is 3. The van der Waals surface area contributed by atoms with Crippen LogP contribution in [0.25, 0.3) is 0 Å². The van der Waals surface area contributed by atoms with Crippen molar-refractivity contribution in [1.82, 2.24) is 4.90 Å². The highest BCUT2D eigenvalue weighted by Crippen LogP contribution is 2.25. The van der Waals surface area contributed by atoms with Gasteiger partial charge in [0.25, 0.3) is 15.9 Å². The fraction of sp³-hybridized carbons (Fsp3) is 0.269. The number of benzene rings is 3. The van der Waals surface area contributed by atoms with Crippen LogP contribution in [-0.4, -0.2) is 51.9 Å². The molecule has 0 spiro atoms. The summed E-state index contributed by atoms with van der Waals surface area (Å²) in [6, 6.07) is 16.7. The number of carbonyl (C=O) groups is 1. The van der Waals surface area contributed by atoms with E-state index in [1.165, 1.54) is 42.5 Å². The van der Waals surface area contributed by atoms with Crippen molar-refractivity contribution in [3.8, 4) is 0 Å². The van der Waals surface area contributed by atoms with Crippen LogP contribution in [0.2, 0.25) is 0 Å². The summed E-state index contributed by atoms with van der Waals surface area (Å²) in [5, 5.41) is 2.88. The first-order valence-corrected chi connectivity index (χ1v) is 13.0. The van der Waals surface area contributed by atoms with E-state index in [-0.39, 0.29) is 16.1 Å². The number of carbonyl (C=O) groups excluding carboxylic acids is 1. The molecule has 2 N–H and O–H groups in total. The lowest BCUT2D eigenvalue weighted by molar-refractivity contribution is 0.102. The summed E-state index contributed by atoms with van der Waals surface area (Å²) in [5.41, 5.74) is 3.16. The molecule has 1 heterocycles. The smallest absolute Gasteiger partial charge is 0.261 e. The summed E-state index contributed by atoms with van der Waals surface area (Å²) in [4.78, 5) is 17.6. The summed E-state index contributed by atoms with van der Waals surface area (Å²) >= 11 is 0. The fourth-order valence-corrected chi connectivity index (χ4v) is 5.14. The molecule has 9 heteroatoms.